The summed E-state index contributed by atoms with van der Waals surface area (Å²) in [6.45, 7) is 0. The Morgan fingerprint density at radius 1 is 0.516 bits per heavy atom. The molecule has 2 unspecified atom stereocenters. The van der Waals surface area contributed by atoms with Crippen LogP contribution in [-0.4, -0.2) is 0 Å². The zero-order valence-electron chi connectivity index (χ0n) is 16.7. The van der Waals surface area contributed by atoms with Gasteiger partial charge in [0.1, 0.15) is 12.2 Å². The topological polar surface area (TPSA) is 61.3 Å². The number of nitrogen functional groups attached to an aromatic ring is 2. The van der Waals surface area contributed by atoms with Gasteiger partial charge < -0.3 is 16.2 Å². The van der Waals surface area contributed by atoms with Gasteiger partial charge >= 0.3 is 0 Å². The van der Waals surface area contributed by atoms with Crippen molar-refractivity contribution in [3.05, 3.63) is 129 Å². The Labute approximate surface area is 192 Å². The van der Waals surface area contributed by atoms with Crippen molar-refractivity contribution in [2.45, 2.75) is 12.2 Å². The molecule has 3 nitrogen and oxygen atoms in total. The van der Waals surface area contributed by atoms with E-state index in [9.17, 15) is 0 Å². The van der Waals surface area contributed by atoms with Gasteiger partial charge in [0.05, 0.1) is 0 Å². The lowest BCUT2D eigenvalue weighted by molar-refractivity contribution is 0.0310. The standard InChI is InChI=1S/C26H22Cl2N2O/c27-23-7-3-1-5-21(23)25(17-9-13-19(29)14-10-17)31-26(18-11-15-20(30)16-12-18)22-6-2-4-8-24(22)28/h1-16,25-26H,29-30H2. The highest BCUT2D eigenvalue weighted by Crippen LogP contribution is 2.40. The maximum atomic E-state index is 6.79. The van der Waals surface area contributed by atoms with Gasteiger partial charge in [0.15, 0.2) is 0 Å². The van der Waals surface area contributed by atoms with Crippen molar-refractivity contribution in [3.63, 3.8) is 0 Å². The van der Waals surface area contributed by atoms with E-state index in [2.05, 4.69) is 0 Å². The van der Waals surface area contributed by atoms with Gasteiger partial charge in [0, 0.05) is 32.5 Å². The third-order valence-corrected chi connectivity index (χ3v) is 5.81. The van der Waals surface area contributed by atoms with Crippen LogP contribution in [0.15, 0.2) is 97.1 Å². The minimum Gasteiger partial charge on any atom is -0.399 e. The number of nitrogens with two attached hydrogens (primary N) is 2. The van der Waals surface area contributed by atoms with E-state index in [1.807, 2.05) is 97.1 Å². The molecule has 0 amide bonds. The van der Waals surface area contributed by atoms with Gasteiger partial charge in [-0.25, -0.2) is 0 Å². The van der Waals surface area contributed by atoms with Crippen LogP contribution in [0, 0.1) is 0 Å². The van der Waals surface area contributed by atoms with Gasteiger partial charge in [-0.05, 0) is 47.5 Å². The average molecular weight is 449 g/mol. The number of rotatable bonds is 6. The van der Waals surface area contributed by atoms with E-state index in [-0.39, 0.29) is 0 Å². The fraction of sp³-hybridized carbons (Fsp3) is 0.0769. The molecule has 156 valence electrons. The molecule has 0 aliphatic carbocycles. The fourth-order valence-corrected chi connectivity index (χ4v) is 3.99. The molecule has 4 aromatic rings. The van der Waals surface area contributed by atoms with E-state index in [1.54, 1.807) is 0 Å². The molecule has 0 saturated heterocycles. The van der Waals surface area contributed by atoms with Crippen LogP contribution >= 0.6 is 23.2 Å². The SMILES string of the molecule is Nc1ccc(C(OC(c2ccc(N)cc2)c2ccccc2Cl)c2ccccc2Cl)cc1. The fourth-order valence-electron chi connectivity index (χ4n) is 3.52. The second kappa shape index (κ2) is 9.44. The van der Waals surface area contributed by atoms with Crippen LogP contribution in [0.25, 0.3) is 0 Å². The van der Waals surface area contributed by atoms with Crippen molar-refractivity contribution in [2.75, 3.05) is 11.5 Å². The van der Waals surface area contributed by atoms with Gasteiger partial charge in [-0.1, -0.05) is 83.9 Å². The predicted molar refractivity (Wildman–Crippen MR) is 129 cm³/mol. The smallest absolute Gasteiger partial charge is 0.110 e. The second-order valence-electron chi connectivity index (χ2n) is 7.27. The van der Waals surface area contributed by atoms with E-state index in [0.717, 1.165) is 22.3 Å². The highest BCUT2D eigenvalue weighted by Gasteiger charge is 2.26. The third-order valence-electron chi connectivity index (χ3n) is 5.13. The van der Waals surface area contributed by atoms with Crippen LogP contribution in [0.1, 0.15) is 34.5 Å². The molecule has 2 atom stereocenters. The van der Waals surface area contributed by atoms with Crippen molar-refractivity contribution in [3.8, 4) is 0 Å². The monoisotopic (exact) mass is 448 g/mol. The van der Waals surface area contributed by atoms with Gasteiger partial charge in [-0.15, -0.1) is 0 Å². The first-order valence-corrected chi connectivity index (χ1v) is 10.6. The molecule has 31 heavy (non-hydrogen) atoms. The first-order chi connectivity index (χ1) is 15.0. The first kappa shape index (κ1) is 21.3. The number of anilines is 2. The Hall–Kier alpha value is -2.98. The first-order valence-electron chi connectivity index (χ1n) is 9.88. The van der Waals surface area contributed by atoms with Crippen molar-refractivity contribution < 1.29 is 4.74 Å². The normalized spacial score (nSPS) is 13.0. The zero-order valence-corrected chi connectivity index (χ0v) is 18.2. The summed E-state index contributed by atoms with van der Waals surface area (Å²) >= 11 is 13.2. The molecule has 0 fully saturated rings. The van der Waals surface area contributed by atoms with Gasteiger partial charge in [0.25, 0.3) is 0 Å². The Morgan fingerprint density at radius 3 is 1.23 bits per heavy atom. The summed E-state index contributed by atoms with van der Waals surface area (Å²) in [7, 11) is 0. The minimum absolute atomic E-state index is 0.437. The molecular formula is C26H22Cl2N2O. The van der Waals surface area contributed by atoms with Crippen molar-refractivity contribution >= 4 is 34.6 Å². The number of benzene rings is 4. The van der Waals surface area contributed by atoms with Crippen molar-refractivity contribution in [2.24, 2.45) is 0 Å². The Morgan fingerprint density at radius 2 is 0.871 bits per heavy atom. The number of halogens is 2. The highest BCUT2D eigenvalue weighted by atomic mass is 35.5. The minimum atomic E-state index is -0.437. The Balaban J connectivity index is 1.84. The molecule has 0 bridgehead atoms. The van der Waals surface area contributed by atoms with Gasteiger partial charge in [0.2, 0.25) is 0 Å². The molecule has 4 aromatic carbocycles. The molecule has 0 saturated carbocycles. The van der Waals surface area contributed by atoms with Gasteiger partial charge in [-0.3, -0.25) is 0 Å². The molecule has 4 N–H and O–H groups in total. The van der Waals surface area contributed by atoms with Crippen LogP contribution < -0.4 is 11.5 Å². The average Bonchev–Trinajstić information content (AvgIpc) is 2.78. The van der Waals surface area contributed by atoms with Crippen LogP contribution in [-0.2, 0) is 4.74 Å². The Bertz CT molecular complexity index is 1070. The quantitative estimate of drug-likeness (QED) is 0.310. The molecule has 0 heterocycles. The van der Waals surface area contributed by atoms with Gasteiger partial charge in [-0.2, -0.15) is 0 Å². The lowest BCUT2D eigenvalue weighted by Crippen LogP contribution is -2.14. The van der Waals surface area contributed by atoms with E-state index in [1.165, 1.54) is 0 Å². The van der Waals surface area contributed by atoms with E-state index in [4.69, 9.17) is 39.4 Å². The second-order valence-corrected chi connectivity index (χ2v) is 8.09. The third kappa shape index (κ3) is 4.86. The largest absolute Gasteiger partial charge is 0.399 e. The lowest BCUT2D eigenvalue weighted by Gasteiger charge is -2.28. The maximum Gasteiger partial charge on any atom is 0.110 e. The summed E-state index contributed by atoms with van der Waals surface area (Å²) in [6.07, 6.45) is -0.874. The van der Waals surface area contributed by atoms with Crippen molar-refractivity contribution in [1.29, 1.82) is 0 Å². The number of hydrogen-bond donors (Lipinski definition) is 2. The molecule has 0 aliphatic rings. The molecule has 0 aliphatic heterocycles. The summed E-state index contributed by atoms with van der Waals surface area (Å²) in [5, 5.41) is 1.25. The van der Waals surface area contributed by atoms with E-state index in [0.29, 0.717) is 21.4 Å². The summed E-state index contributed by atoms with van der Waals surface area (Å²) < 4.78 is 6.79. The summed E-state index contributed by atoms with van der Waals surface area (Å²) in [6, 6.07) is 30.6. The summed E-state index contributed by atoms with van der Waals surface area (Å²) in [5.74, 6) is 0. The van der Waals surface area contributed by atoms with Crippen LogP contribution in [0.2, 0.25) is 10.0 Å². The van der Waals surface area contributed by atoms with Crippen LogP contribution in [0.4, 0.5) is 11.4 Å². The molecule has 0 radical (unpaired) electrons. The molecule has 5 heteroatoms. The Kier molecular flexibility index (Phi) is 6.47. The highest BCUT2D eigenvalue weighted by molar-refractivity contribution is 6.31. The molecule has 0 aromatic heterocycles. The summed E-state index contributed by atoms with van der Waals surface area (Å²) in [4.78, 5) is 0. The van der Waals surface area contributed by atoms with E-state index < -0.39 is 12.2 Å². The molecule has 4 rings (SSSR count). The maximum absolute atomic E-state index is 6.79. The van der Waals surface area contributed by atoms with Crippen molar-refractivity contribution in [1.82, 2.24) is 0 Å². The van der Waals surface area contributed by atoms with E-state index >= 15 is 0 Å². The molecular weight excluding hydrogens is 427 g/mol. The predicted octanol–water partition coefficient (Wildman–Crippen LogP) is 7.05. The number of ether oxygens (including phenoxy) is 1. The molecule has 0 spiro atoms. The zero-order chi connectivity index (χ0) is 21.8. The lowest BCUT2D eigenvalue weighted by atomic mass is 9.97. The van der Waals surface area contributed by atoms with Crippen LogP contribution in [0.5, 0.6) is 0 Å². The summed E-state index contributed by atoms with van der Waals surface area (Å²) in [5.41, 5.74) is 16.8. The van der Waals surface area contributed by atoms with Crippen LogP contribution in [0.3, 0.4) is 0 Å². The number of hydrogen-bond acceptors (Lipinski definition) is 3.